The lowest BCUT2D eigenvalue weighted by Crippen LogP contribution is -2.12. The molecule has 3 rings (SSSR count). The van der Waals surface area contributed by atoms with Crippen LogP contribution in [0.3, 0.4) is 0 Å². The van der Waals surface area contributed by atoms with Crippen LogP contribution in [0.2, 0.25) is 0 Å². The summed E-state index contributed by atoms with van der Waals surface area (Å²) in [5, 5.41) is 10.9. The van der Waals surface area contributed by atoms with Crippen molar-refractivity contribution in [3.63, 3.8) is 0 Å². The molecule has 0 aliphatic rings. The monoisotopic (exact) mass is 460 g/mol. The van der Waals surface area contributed by atoms with Crippen molar-refractivity contribution in [1.82, 2.24) is 9.97 Å². The van der Waals surface area contributed by atoms with Gasteiger partial charge in [-0.25, -0.2) is 27.9 Å². The van der Waals surface area contributed by atoms with Gasteiger partial charge >= 0.3 is 5.97 Å². The van der Waals surface area contributed by atoms with Crippen LogP contribution in [0, 0.1) is 24.4 Å². The molecule has 0 fully saturated rings. The number of esters is 1. The summed E-state index contributed by atoms with van der Waals surface area (Å²) < 4.78 is 57.1. The molecule has 0 amide bonds. The number of aromatic nitrogens is 2. The number of methoxy groups -OCH3 is 2. The molecule has 33 heavy (non-hydrogen) atoms. The zero-order chi connectivity index (χ0) is 24.1. The van der Waals surface area contributed by atoms with E-state index < -0.39 is 45.9 Å². The Balaban J connectivity index is 2.07. The third-order valence-electron chi connectivity index (χ3n) is 4.73. The number of nitrogens with zero attached hydrogens (tertiary/aromatic N) is 2. The smallest absolute Gasteiger partial charge is 0.342 e. The average molecular weight is 460 g/mol. The molecule has 0 spiro atoms. The summed E-state index contributed by atoms with van der Waals surface area (Å²) in [4.78, 5) is 20.5. The van der Waals surface area contributed by atoms with E-state index in [1.54, 1.807) is 24.3 Å². The Morgan fingerprint density at radius 3 is 2.33 bits per heavy atom. The molecular weight excluding hydrogens is 441 g/mol. The van der Waals surface area contributed by atoms with Gasteiger partial charge in [-0.3, -0.25) is 0 Å². The zero-order valence-corrected chi connectivity index (χ0v) is 17.9. The van der Waals surface area contributed by atoms with E-state index in [0.717, 1.165) is 19.6 Å². The Bertz CT molecular complexity index is 1210. The molecule has 1 N–H and O–H groups in total. The van der Waals surface area contributed by atoms with Gasteiger partial charge in [-0.05, 0) is 36.2 Å². The quantitative estimate of drug-likeness (QED) is 0.242. The highest BCUT2D eigenvalue weighted by Crippen LogP contribution is 2.33. The van der Waals surface area contributed by atoms with Crippen molar-refractivity contribution in [2.45, 2.75) is 13.5 Å². The lowest BCUT2D eigenvalue weighted by Gasteiger charge is -2.14. The lowest BCUT2D eigenvalue weighted by molar-refractivity contribution is -0.133. The van der Waals surface area contributed by atoms with Crippen molar-refractivity contribution in [2.75, 3.05) is 14.2 Å². The molecule has 0 atom stereocenters. The van der Waals surface area contributed by atoms with Crippen LogP contribution in [0.4, 0.5) is 13.2 Å². The first-order valence-corrected chi connectivity index (χ1v) is 9.51. The fraction of sp³-hybridized carbons (Fsp3) is 0.174. The number of benzene rings is 2. The number of hydrogen-bond donors (Lipinski definition) is 1. The predicted molar refractivity (Wildman–Crippen MR) is 112 cm³/mol. The summed E-state index contributed by atoms with van der Waals surface area (Å²) in [7, 11) is 2.55. The summed E-state index contributed by atoms with van der Waals surface area (Å²) in [6, 6.07) is 7.53. The van der Waals surface area contributed by atoms with E-state index in [0.29, 0.717) is 11.8 Å². The molecule has 1 aromatic heterocycles. The van der Waals surface area contributed by atoms with Gasteiger partial charge < -0.3 is 19.3 Å². The number of rotatable bonds is 7. The highest BCUT2D eigenvalue weighted by Gasteiger charge is 2.28. The summed E-state index contributed by atoms with van der Waals surface area (Å²) in [6.07, 6.45) is 2.51. The molecule has 172 valence electrons. The van der Waals surface area contributed by atoms with Crippen molar-refractivity contribution in [3.05, 3.63) is 82.6 Å². The van der Waals surface area contributed by atoms with Crippen LogP contribution >= 0.6 is 0 Å². The number of ether oxygens (including phenoxy) is 3. The average Bonchev–Trinajstić information content (AvgIpc) is 2.84. The van der Waals surface area contributed by atoms with Crippen molar-refractivity contribution < 1.29 is 37.3 Å². The first-order valence-electron chi connectivity index (χ1n) is 9.51. The number of hydrogen-bond acceptors (Lipinski definition) is 7. The molecule has 0 bridgehead atoms. The summed E-state index contributed by atoms with van der Waals surface area (Å²) in [5.41, 5.74) is -1.01. The maximum atomic E-state index is 14.2. The van der Waals surface area contributed by atoms with E-state index in [2.05, 4.69) is 14.7 Å². The maximum Gasteiger partial charge on any atom is 0.342 e. The van der Waals surface area contributed by atoms with Gasteiger partial charge in [0.05, 0.1) is 14.2 Å². The normalized spacial score (nSPS) is 11.6. The molecule has 0 unspecified atom stereocenters. The molecule has 3 aromatic rings. The number of aliphatic hydroxyl groups is 1. The molecule has 0 saturated heterocycles. The molecule has 10 heteroatoms. The van der Waals surface area contributed by atoms with Crippen molar-refractivity contribution >= 4 is 17.3 Å². The van der Waals surface area contributed by atoms with Gasteiger partial charge in [0.15, 0.2) is 28.9 Å². The summed E-state index contributed by atoms with van der Waals surface area (Å²) >= 11 is 0. The van der Waals surface area contributed by atoms with Crippen LogP contribution in [0.15, 0.2) is 42.7 Å². The second-order valence-corrected chi connectivity index (χ2v) is 6.72. The fourth-order valence-corrected chi connectivity index (χ4v) is 2.97. The highest BCUT2D eigenvalue weighted by molar-refractivity contribution is 6.23. The van der Waals surface area contributed by atoms with E-state index in [-0.39, 0.29) is 18.2 Å². The van der Waals surface area contributed by atoms with Crippen LogP contribution < -0.4 is 9.47 Å². The van der Waals surface area contributed by atoms with Gasteiger partial charge in [0.2, 0.25) is 5.88 Å². The number of carbonyl (C=O) groups excluding carboxylic acids is 1. The van der Waals surface area contributed by atoms with Crippen LogP contribution in [-0.2, 0) is 16.1 Å². The first kappa shape index (κ1) is 23.6. The van der Waals surface area contributed by atoms with Gasteiger partial charge in [-0.1, -0.05) is 12.1 Å². The Kier molecular flexibility index (Phi) is 7.17. The molecule has 0 saturated carbocycles. The minimum Gasteiger partial charge on any atom is -0.505 e. The van der Waals surface area contributed by atoms with E-state index >= 15 is 0 Å². The highest BCUT2D eigenvalue weighted by atomic mass is 19.2. The Morgan fingerprint density at radius 1 is 1.03 bits per heavy atom. The van der Waals surface area contributed by atoms with Gasteiger partial charge in [0.25, 0.3) is 0 Å². The van der Waals surface area contributed by atoms with Crippen molar-refractivity contribution in [2.24, 2.45) is 0 Å². The van der Waals surface area contributed by atoms with Crippen LogP contribution in [-0.4, -0.2) is 35.3 Å². The minimum absolute atomic E-state index is 0.0232. The first-order chi connectivity index (χ1) is 15.8. The number of aliphatic hydroxyl groups excluding tert-OH is 1. The Labute approximate surface area is 187 Å². The van der Waals surface area contributed by atoms with E-state index in [9.17, 15) is 23.1 Å². The number of halogens is 3. The molecule has 2 aromatic carbocycles. The van der Waals surface area contributed by atoms with Crippen LogP contribution in [0.1, 0.15) is 22.4 Å². The van der Waals surface area contributed by atoms with E-state index in [1.807, 2.05) is 0 Å². The SMILES string of the molecule is COC(=O)C(=C(O)c1nccnc1OCc1ccc(OC)cc1)c1cc(F)c(F)c(F)c1C. The predicted octanol–water partition coefficient (Wildman–Crippen LogP) is 4.39. The topological polar surface area (TPSA) is 90.8 Å². The van der Waals surface area contributed by atoms with Gasteiger partial charge in [-0.15, -0.1) is 0 Å². The third-order valence-corrected chi connectivity index (χ3v) is 4.73. The molecular formula is C23H19F3N2O5. The van der Waals surface area contributed by atoms with E-state index in [4.69, 9.17) is 9.47 Å². The zero-order valence-electron chi connectivity index (χ0n) is 17.9. The fourth-order valence-electron chi connectivity index (χ4n) is 2.97. The maximum absolute atomic E-state index is 14.2. The van der Waals surface area contributed by atoms with Crippen LogP contribution in [0.25, 0.3) is 11.3 Å². The van der Waals surface area contributed by atoms with Gasteiger partial charge in [0.1, 0.15) is 17.9 Å². The standard InChI is InChI=1S/C23H19F3N2O5/c1-12-15(10-16(24)19(26)18(12)25)17(23(30)32-3)21(29)20-22(28-9-8-27-20)33-11-13-4-6-14(31-2)7-5-13/h4-10,29H,11H2,1-3H3. The van der Waals surface area contributed by atoms with Crippen molar-refractivity contribution in [1.29, 1.82) is 0 Å². The van der Waals surface area contributed by atoms with Crippen molar-refractivity contribution in [3.8, 4) is 11.6 Å². The Morgan fingerprint density at radius 2 is 1.70 bits per heavy atom. The number of carbonyl (C=O) groups is 1. The van der Waals surface area contributed by atoms with E-state index in [1.165, 1.54) is 19.5 Å². The van der Waals surface area contributed by atoms with Gasteiger partial charge in [-0.2, -0.15) is 0 Å². The second kappa shape index (κ2) is 10.0. The van der Waals surface area contributed by atoms with Crippen LogP contribution in [0.5, 0.6) is 11.6 Å². The molecule has 1 heterocycles. The summed E-state index contributed by atoms with van der Waals surface area (Å²) in [5.74, 6) is -6.21. The Hall–Kier alpha value is -4.08. The molecule has 7 nitrogen and oxygen atoms in total. The summed E-state index contributed by atoms with van der Waals surface area (Å²) in [6.45, 7) is 1.15. The molecule has 0 aliphatic heterocycles. The van der Waals surface area contributed by atoms with Gasteiger partial charge in [0, 0.05) is 18.0 Å². The molecule has 0 radical (unpaired) electrons. The molecule has 0 aliphatic carbocycles. The third kappa shape index (κ3) is 4.89. The second-order valence-electron chi connectivity index (χ2n) is 6.72. The minimum atomic E-state index is -1.71. The largest absolute Gasteiger partial charge is 0.505 e. The lowest BCUT2D eigenvalue weighted by atomic mass is 9.97.